The molecule has 1 aromatic heterocycles. The van der Waals surface area contributed by atoms with Crippen LogP contribution in [0.15, 0.2) is 12.3 Å². The lowest BCUT2D eigenvalue weighted by Crippen LogP contribution is -2.47. The Bertz CT molecular complexity index is 364. The quantitative estimate of drug-likeness (QED) is 0.756. The minimum atomic E-state index is -0.353. The van der Waals surface area contributed by atoms with Gasteiger partial charge in [0.2, 0.25) is 5.78 Å². The Hall–Kier alpha value is -1.16. The first kappa shape index (κ1) is 10.4. The summed E-state index contributed by atoms with van der Waals surface area (Å²) in [5.41, 5.74) is 0.225. The van der Waals surface area contributed by atoms with Crippen LogP contribution in [0.2, 0.25) is 0 Å². The zero-order valence-electron chi connectivity index (χ0n) is 9.29. The Kier molecular flexibility index (Phi) is 2.61. The number of rotatable bonds is 3. The standard InChI is InChI=1S/C11H17N3O/c1-3-11(6-4-7-12-11)10(15)9-5-8-14(2)13-9/h5,8,12H,3-4,6-7H2,1-2H3. The fourth-order valence-electron chi connectivity index (χ4n) is 2.24. The van der Waals surface area contributed by atoms with Gasteiger partial charge in [-0.25, -0.2) is 0 Å². The number of nitrogens with one attached hydrogen (secondary N) is 1. The van der Waals surface area contributed by atoms with Crippen molar-refractivity contribution in [1.29, 1.82) is 0 Å². The summed E-state index contributed by atoms with van der Waals surface area (Å²) in [4.78, 5) is 12.3. The number of hydrogen-bond donors (Lipinski definition) is 1. The Morgan fingerprint density at radius 3 is 3.00 bits per heavy atom. The Morgan fingerprint density at radius 1 is 1.73 bits per heavy atom. The summed E-state index contributed by atoms with van der Waals surface area (Å²) < 4.78 is 1.67. The van der Waals surface area contributed by atoms with Gasteiger partial charge >= 0.3 is 0 Å². The van der Waals surface area contributed by atoms with Crippen molar-refractivity contribution < 1.29 is 4.79 Å². The van der Waals surface area contributed by atoms with Crippen molar-refractivity contribution in [3.8, 4) is 0 Å². The van der Waals surface area contributed by atoms with Gasteiger partial charge in [0.15, 0.2) is 0 Å². The maximum absolute atomic E-state index is 12.3. The molecule has 1 atom stereocenters. The highest BCUT2D eigenvalue weighted by Gasteiger charge is 2.40. The summed E-state index contributed by atoms with van der Waals surface area (Å²) >= 11 is 0. The minimum absolute atomic E-state index is 0.142. The van der Waals surface area contributed by atoms with E-state index in [4.69, 9.17) is 0 Å². The van der Waals surface area contributed by atoms with Crippen molar-refractivity contribution in [3.05, 3.63) is 18.0 Å². The predicted octanol–water partition coefficient (Wildman–Crippen LogP) is 1.13. The predicted molar refractivity (Wildman–Crippen MR) is 57.8 cm³/mol. The second kappa shape index (κ2) is 3.77. The third kappa shape index (κ3) is 1.69. The smallest absolute Gasteiger partial charge is 0.202 e. The topological polar surface area (TPSA) is 46.9 Å². The summed E-state index contributed by atoms with van der Waals surface area (Å²) in [6.45, 7) is 2.99. The zero-order chi connectivity index (χ0) is 10.9. The SMILES string of the molecule is CCC1(C(=O)c2ccn(C)n2)CCCN1. The first-order valence-corrected chi connectivity index (χ1v) is 5.47. The fraction of sp³-hybridized carbons (Fsp3) is 0.636. The molecular formula is C11H17N3O. The molecule has 2 rings (SSSR count). The van der Waals surface area contributed by atoms with Crippen molar-refractivity contribution in [3.63, 3.8) is 0 Å². The van der Waals surface area contributed by atoms with E-state index in [1.165, 1.54) is 0 Å². The molecular weight excluding hydrogens is 190 g/mol. The van der Waals surface area contributed by atoms with Gasteiger partial charge < -0.3 is 5.32 Å². The maximum Gasteiger partial charge on any atom is 0.202 e. The van der Waals surface area contributed by atoms with Gasteiger partial charge in [-0.1, -0.05) is 6.92 Å². The summed E-state index contributed by atoms with van der Waals surface area (Å²) in [5, 5.41) is 7.50. The third-order valence-corrected chi connectivity index (χ3v) is 3.23. The lowest BCUT2D eigenvalue weighted by molar-refractivity contribution is 0.0857. The van der Waals surface area contributed by atoms with E-state index in [2.05, 4.69) is 17.3 Å². The van der Waals surface area contributed by atoms with Gasteiger partial charge in [0.25, 0.3) is 0 Å². The number of hydrogen-bond acceptors (Lipinski definition) is 3. The van der Waals surface area contributed by atoms with E-state index in [1.54, 1.807) is 10.7 Å². The van der Waals surface area contributed by atoms with E-state index in [-0.39, 0.29) is 11.3 Å². The van der Waals surface area contributed by atoms with E-state index in [0.29, 0.717) is 5.69 Å². The molecule has 15 heavy (non-hydrogen) atoms. The van der Waals surface area contributed by atoms with Crippen molar-refractivity contribution in [2.75, 3.05) is 6.54 Å². The second-order valence-electron chi connectivity index (χ2n) is 4.17. The van der Waals surface area contributed by atoms with Gasteiger partial charge in [0.05, 0.1) is 5.54 Å². The van der Waals surface area contributed by atoms with Crippen molar-refractivity contribution in [2.45, 2.75) is 31.7 Å². The van der Waals surface area contributed by atoms with Gasteiger partial charge in [-0.05, 0) is 31.9 Å². The fourth-order valence-corrected chi connectivity index (χ4v) is 2.24. The van der Waals surface area contributed by atoms with Crippen molar-refractivity contribution in [2.24, 2.45) is 7.05 Å². The molecule has 0 radical (unpaired) electrons. The Balaban J connectivity index is 2.26. The summed E-state index contributed by atoms with van der Waals surface area (Å²) in [5.74, 6) is 0.142. The van der Waals surface area contributed by atoms with Crippen LogP contribution >= 0.6 is 0 Å². The zero-order valence-corrected chi connectivity index (χ0v) is 9.29. The first-order chi connectivity index (χ1) is 7.18. The number of aryl methyl sites for hydroxylation is 1. The normalized spacial score (nSPS) is 25.7. The molecule has 2 heterocycles. The number of carbonyl (C=O) groups excluding carboxylic acids is 1. The molecule has 1 aliphatic rings. The van der Waals surface area contributed by atoms with Crippen LogP contribution in [-0.2, 0) is 7.05 Å². The molecule has 1 aromatic rings. The number of Topliss-reactive ketones (excluding diaryl/α,β-unsaturated/α-hetero) is 1. The van der Waals surface area contributed by atoms with Crippen molar-refractivity contribution in [1.82, 2.24) is 15.1 Å². The number of ketones is 1. The molecule has 1 unspecified atom stereocenters. The van der Waals surface area contributed by atoms with Gasteiger partial charge in [0, 0.05) is 13.2 Å². The van der Waals surface area contributed by atoms with E-state index in [9.17, 15) is 4.79 Å². The van der Waals surface area contributed by atoms with Gasteiger partial charge in [-0.2, -0.15) is 5.10 Å². The molecule has 0 spiro atoms. The molecule has 1 N–H and O–H groups in total. The van der Waals surface area contributed by atoms with Gasteiger partial charge in [0.1, 0.15) is 5.69 Å². The van der Waals surface area contributed by atoms with E-state index >= 15 is 0 Å². The molecule has 0 aromatic carbocycles. The average molecular weight is 207 g/mol. The highest BCUT2D eigenvalue weighted by Crippen LogP contribution is 2.26. The number of carbonyl (C=O) groups is 1. The van der Waals surface area contributed by atoms with E-state index in [0.717, 1.165) is 25.8 Å². The third-order valence-electron chi connectivity index (χ3n) is 3.23. The van der Waals surface area contributed by atoms with Gasteiger partial charge in [-0.3, -0.25) is 9.48 Å². The van der Waals surface area contributed by atoms with Crippen LogP contribution < -0.4 is 5.32 Å². The highest BCUT2D eigenvalue weighted by molar-refractivity contribution is 6.01. The Morgan fingerprint density at radius 2 is 2.53 bits per heavy atom. The molecule has 0 saturated carbocycles. The summed E-state index contributed by atoms with van der Waals surface area (Å²) in [6, 6.07) is 1.79. The van der Waals surface area contributed by atoms with Crippen LogP contribution in [0.25, 0.3) is 0 Å². The van der Waals surface area contributed by atoms with E-state index in [1.807, 2.05) is 13.2 Å². The Labute approximate surface area is 89.7 Å². The molecule has 1 aliphatic heterocycles. The molecule has 82 valence electrons. The lowest BCUT2D eigenvalue weighted by atomic mass is 9.87. The summed E-state index contributed by atoms with van der Waals surface area (Å²) in [7, 11) is 1.83. The molecule has 4 nitrogen and oxygen atoms in total. The van der Waals surface area contributed by atoms with Crippen LogP contribution in [-0.4, -0.2) is 27.6 Å². The minimum Gasteiger partial charge on any atom is -0.305 e. The molecule has 1 fully saturated rings. The average Bonchev–Trinajstić information content (AvgIpc) is 2.86. The van der Waals surface area contributed by atoms with Crippen LogP contribution in [0.5, 0.6) is 0 Å². The molecule has 1 saturated heterocycles. The summed E-state index contributed by atoms with van der Waals surface area (Å²) in [6.07, 6.45) is 4.65. The number of nitrogens with zero attached hydrogens (tertiary/aromatic N) is 2. The maximum atomic E-state index is 12.3. The molecule has 0 bridgehead atoms. The number of aromatic nitrogens is 2. The van der Waals surface area contributed by atoms with Crippen LogP contribution in [0.3, 0.4) is 0 Å². The van der Waals surface area contributed by atoms with Crippen molar-refractivity contribution >= 4 is 5.78 Å². The second-order valence-corrected chi connectivity index (χ2v) is 4.17. The van der Waals surface area contributed by atoms with Crippen LogP contribution in [0.4, 0.5) is 0 Å². The van der Waals surface area contributed by atoms with Gasteiger partial charge in [-0.15, -0.1) is 0 Å². The molecule has 4 heteroatoms. The van der Waals surface area contributed by atoms with Crippen LogP contribution in [0.1, 0.15) is 36.7 Å². The lowest BCUT2D eigenvalue weighted by Gasteiger charge is -2.25. The van der Waals surface area contributed by atoms with Crippen LogP contribution in [0, 0.1) is 0 Å². The largest absolute Gasteiger partial charge is 0.305 e. The molecule has 0 amide bonds. The first-order valence-electron chi connectivity index (χ1n) is 5.47. The van der Waals surface area contributed by atoms with E-state index < -0.39 is 0 Å². The highest BCUT2D eigenvalue weighted by atomic mass is 16.1. The monoisotopic (exact) mass is 207 g/mol. The molecule has 0 aliphatic carbocycles.